The van der Waals surface area contributed by atoms with Crippen molar-refractivity contribution in [2.75, 3.05) is 32.2 Å². The van der Waals surface area contributed by atoms with Crippen LogP contribution in [-0.2, 0) is 16.0 Å². The molecule has 3 rings (SSSR count). The zero-order chi connectivity index (χ0) is 18.5. The lowest BCUT2D eigenvalue weighted by Crippen LogP contribution is -2.34. The van der Waals surface area contributed by atoms with E-state index in [0.29, 0.717) is 36.1 Å². The first-order valence-corrected chi connectivity index (χ1v) is 9.18. The van der Waals surface area contributed by atoms with Crippen LogP contribution < -0.4 is 19.7 Å². The molecule has 1 aliphatic heterocycles. The van der Waals surface area contributed by atoms with Crippen LogP contribution in [0.5, 0.6) is 11.5 Å². The lowest BCUT2D eigenvalue weighted by molar-refractivity contribution is -0.126. The van der Waals surface area contributed by atoms with Crippen molar-refractivity contribution in [1.82, 2.24) is 10.3 Å². The first-order chi connectivity index (χ1) is 12.6. The van der Waals surface area contributed by atoms with Crippen molar-refractivity contribution in [1.29, 1.82) is 0 Å². The minimum atomic E-state index is -0.336. The number of thiazole rings is 1. The molecule has 0 saturated carbocycles. The molecule has 1 saturated heterocycles. The van der Waals surface area contributed by atoms with Crippen molar-refractivity contribution < 1.29 is 19.1 Å². The van der Waals surface area contributed by atoms with Gasteiger partial charge in [0, 0.05) is 31.1 Å². The molecule has 0 spiro atoms. The summed E-state index contributed by atoms with van der Waals surface area (Å²) in [4.78, 5) is 30.2. The molecule has 0 aliphatic carbocycles. The number of nitrogens with one attached hydrogen (secondary N) is 1. The van der Waals surface area contributed by atoms with Gasteiger partial charge in [0.05, 0.1) is 20.1 Å². The summed E-state index contributed by atoms with van der Waals surface area (Å²) >= 11 is 1.40. The van der Waals surface area contributed by atoms with E-state index in [-0.39, 0.29) is 24.2 Å². The number of amides is 2. The van der Waals surface area contributed by atoms with Gasteiger partial charge in [-0.25, -0.2) is 4.98 Å². The van der Waals surface area contributed by atoms with Crippen molar-refractivity contribution in [2.24, 2.45) is 5.92 Å². The molecule has 7 nitrogen and oxygen atoms in total. The van der Waals surface area contributed by atoms with Crippen molar-refractivity contribution in [3.05, 3.63) is 35.3 Å². The van der Waals surface area contributed by atoms with E-state index in [1.165, 1.54) is 11.3 Å². The Bertz CT molecular complexity index is 779. The highest BCUT2D eigenvalue weighted by molar-refractivity contribution is 7.13. The van der Waals surface area contributed by atoms with Crippen molar-refractivity contribution in [3.63, 3.8) is 0 Å². The van der Waals surface area contributed by atoms with Gasteiger partial charge in [-0.3, -0.25) is 14.5 Å². The fraction of sp³-hybridized carbons (Fsp3) is 0.389. The largest absolute Gasteiger partial charge is 0.493 e. The van der Waals surface area contributed by atoms with Gasteiger partial charge >= 0.3 is 0 Å². The Morgan fingerprint density at radius 2 is 2.15 bits per heavy atom. The molecule has 0 bridgehead atoms. The van der Waals surface area contributed by atoms with E-state index in [2.05, 4.69) is 10.3 Å². The summed E-state index contributed by atoms with van der Waals surface area (Å²) in [5.74, 6) is 0.846. The average molecular weight is 375 g/mol. The summed E-state index contributed by atoms with van der Waals surface area (Å²) in [6.45, 7) is 0.880. The molecule has 1 unspecified atom stereocenters. The molecule has 2 heterocycles. The Morgan fingerprint density at radius 3 is 2.85 bits per heavy atom. The Balaban J connectivity index is 1.51. The standard InChI is InChI=1S/C18H21N3O4S/c1-24-14-4-3-12(9-15(14)25-2)5-6-19-17(23)13-10-16(22)21(11-13)18-20-7-8-26-18/h3-4,7-9,13H,5-6,10-11H2,1-2H3,(H,19,23). The fourth-order valence-electron chi connectivity index (χ4n) is 2.93. The quantitative estimate of drug-likeness (QED) is 0.799. The maximum absolute atomic E-state index is 12.4. The highest BCUT2D eigenvalue weighted by Crippen LogP contribution is 2.28. The first kappa shape index (κ1) is 18.2. The second-order valence-corrected chi connectivity index (χ2v) is 6.82. The van der Waals surface area contributed by atoms with Crippen LogP contribution in [0.25, 0.3) is 0 Å². The number of anilines is 1. The molecule has 1 atom stereocenters. The third kappa shape index (κ3) is 3.96. The molecule has 1 fully saturated rings. The number of hydrogen-bond donors (Lipinski definition) is 1. The van der Waals surface area contributed by atoms with Crippen LogP contribution in [0.2, 0.25) is 0 Å². The molecule has 1 aliphatic rings. The molecule has 26 heavy (non-hydrogen) atoms. The Kier molecular flexibility index (Phi) is 5.72. The van der Waals surface area contributed by atoms with Crippen LogP contribution in [-0.4, -0.2) is 44.1 Å². The predicted octanol–water partition coefficient (Wildman–Crippen LogP) is 1.87. The normalized spacial score (nSPS) is 16.6. The van der Waals surface area contributed by atoms with Crippen LogP contribution >= 0.6 is 11.3 Å². The topological polar surface area (TPSA) is 80.8 Å². The number of ether oxygens (including phenoxy) is 2. The number of carbonyl (C=O) groups is 2. The van der Waals surface area contributed by atoms with Gasteiger partial charge in [0.2, 0.25) is 11.8 Å². The van der Waals surface area contributed by atoms with Crippen LogP contribution in [0.1, 0.15) is 12.0 Å². The number of rotatable bonds is 7. The minimum Gasteiger partial charge on any atom is -0.493 e. The zero-order valence-electron chi connectivity index (χ0n) is 14.7. The molecule has 1 aromatic heterocycles. The van der Waals surface area contributed by atoms with Crippen LogP contribution in [0.15, 0.2) is 29.8 Å². The summed E-state index contributed by atoms with van der Waals surface area (Å²) < 4.78 is 10.5. The first-order valence-electron chi connectivity index (χ1n) is 8.31. The number of methoxy groups -OCH3 is 2. The molecule has 1 N–H and O–H groups in total. The van der Waals surface area contributed by atoms with E-state index in [1.807, 2.05) is 23.6 Å². The summed E-state index contributed by atoms with van der Waals surface area (Å²) in [6, 6.07) is 5.68. The smallest absolute Gasteiger partial charge is 0.229 e. The second-order valence-electron chi connectivity index (χ2n) is 5.95. The van der Waals surface area contributed by atoms with Gasteiger partial charge in [-0.2, -0.15) is 0 Å². The fourth-order valence-corrected chi connectivity index (χ4v) is 3.60. The number of carbonyl (C=O) groups excluding carboxylic acids is 2. The number of aromatic nitrogens is 1. The van der Waals surface area contributed by atoms with Gasteiger partial charge < -0.3 is 14.8 Å². The maximum Gasteiger partial charge on any atom is 0.229 e. The predicted molar refractivity (Wildman–Crippen MR) is 98.8 cm³/mol. The molecule has 1 aromatic carbocycles. The summed E-state index contributed by atoms with van der Waals surface area (Å²) in [7, 11) is 3.18. The van der Waals surface area contributed by atoms with Gasteiger partial charge in [0.15, 0.2) is 16.6 Å². The van der Waals surface area contributed by atoms with Gasteiger partial charge in [-0.1, -0.05) is 6.07 Å². The maximum atomic E-state index is 12.4. The van der Waals surface area contributed by atoms with Crippen LogP contribution in [0.4, 0.5) is 5.13 Å². The Hall–Kier alpha value is -2.61. The molecular formula is C18H21N3O4S. The highest BCUT2D eigenvalue weighted by Gasteiger charge is 2.35. The number of hydrogen-bond acceptors (Lipinski definition) is 6. The Morgan fingerprint density at radius 1 is 1.35 bits per heavy atom. The molecular weight excluding hydrogens is 354 g/mol. The lowest BCUT2D eigenvalue weighted by Gasteiger charge is -2.13. The lowest BCUT2D eigenvalue weighted by atomic mass is 10.1. The average Bonchev–Trinajstić information content (AvgIpc) is 3.30. The molecule has 2 amide bonds. The molecule has 138 valence electrons. The van der Waals surface area contributed by atoms with Gasteiger partial charge in [-0.05, 0) is 24.1 Å². The minimum absolute atomic E-state index is 0.0556. The van der Waals surface area contributed by atoms with Gasteiger partial charge in [-0.15, -0.1) is 11.3 Å². The van der Waals surface area contributed by atoms with E-state index in [0.717, 1.165) is 5.56 Å². The van der Waals surface area contributed by atoms with Crippen molar-refractivity contribution >= 4 is 28.3 Å². The van der Waals surface area contributed by atoms with E-state index in [1.54, 1.807) is 25.3 Å². The summed E-state index contributed by atoms with van der Waals surface area (Å²) in [5.41, 5.74) is 1.04. The van der Waals surface area contributed by atoms with E-state index in [9.17, 15) is 9.59 Å². The van der Waals surface area contributed by atoms with Gasteiger partial charge in [0.1, 0.15) is 0 Å². The summed E-state index contributed by atoms with van der Waals surface area (Å²) in [5, 5.41) is 5.39. The highest BCUT2D eigenvalue weighted by atomic mass is 32.1. The molecule has 2 aromatic rings. The van der Waals surface area contributed by atoms with Gasteiger partial charge in [0.25, 0.3) is 0 Å². The van der Waals surface area contributed by atoms with E-state index >= 15 is 0 Å². The third-order valence-corrected chi connectivity index (χ3v) is 5.10. The Labute approximate surface area is 155 Å². The zero-order valence-corrected chi connectivity index (χ0v) is 15.5. The van der Waals surface area contributed by atoms with Crippen LogP contribution in [0.3, 0.4) is 0 Å². The monoisotopic (exact) mass is 375 g/mol. The van der Waals surface area contributed by atoms with Crippen LogP contribution in [0, 0.1) is 5.92 Å². The number of benzene rings is 1. The third-order valence-electron chi connectivity index (χ3n) is 4.31. The summed E-state index contributed by atoms with van der Waals surface area (Å²) in [6.07, 6.45) is 2.55. The van der Waals surface area contributed by atoms with E-state index in [4.69, 9.17) is 9.47 Å². The van der Waals surface area contributed by atoms with Crippen molar-refractivity contribution in [3.8, 4) is 11.5 Å². The number of nitrogens with zero attached hydrogens (tertiary/aromatic N) is 2. The van der Waals surface area contributed by atoms with Crippen molar-refractivity contribution in [2.45, 2.75) is 12.8 Å². The SMILES string of the molecule is COc1ccc(CCNC(=O)C2CC(=O)N(c3nccs3)C2)cc1OC. The van der Waals surface area contributed by atoms with E-state index < -0.39 is 0 Å². The second kappa shape index (κ2) is 8.18. The molecule has 0 radical (unpaired) electrons. The molecule has 8 heteroatoms.